The number of hydrogen-bond acceptors (Lipinski definition) is 5. The molecule has 4 rings (SSSR count). The van der Waals surface area contributed by atoms with Gasteiger partial charge in [-0.1, -0.05) is 30.3 Å². The van der Waals surface area contributed by atoms with E-state index in [9.17, 15) is 4.79 Å². The molecule has 6 nitrogen and oxygen atoms in total. The number of carbonyl (C=O) groups is 1. The summed E-state index contributed by atoms with van der Waals surface area (Å²) in [6.07, 6.45) is 3.41. The molecule has 1 aliphatic heterocycles. The molecule has 0 saturated heterocycles. The van der Waals surface area contributed by atoms with Crippen LogP contribution in [0.1, 0.15) is 22.3 Å². The molecule has 0 atom stereocenters. The summed E-state index contributed by atoms with van der Waals surface area (Å²) in [6.45, 7) is 1.74. The minimum atomic E-state index is -0.114. The third-order valence-electron chi connectivity index (χ3n) is 4.61. The Morgan fingerprint density at radius 2 is 1.79 bits per heavy atom. The number of aromatic nitrogens is 1. The van der Waals surface area contributed by atoms with E-state index >= 15 is 0 Å². The van der Waals surface area contributed by atoms with Crippen LogP contribution < -0.4 is 20.1 Å². The molecule has 1 aliphatic rings. The van der Waals surface area contributed by atoms with Crippen LogP contribution in [-0.4, -0.2) is 30.6 Å². The number of amides is 1. The first-order valence-electron chi connectivity index (χ1n) is 9.73. The second kappa shape index (κ2) is 9.10. The van der Waals surface area contributed by atoms with Crippen LogP contribution in [0.3, 0.4) is 0 Å². The Hall–Kier alpha value is -3.54. The van der Waals surface area contributed by atoms with Gasteiger partial charge in [0.15, 0.2) is 11.5 Å². The van der Waals surface area contributed by atoms with Crippen molar-refractivity contribution in [1.29, 1.82) is 0 Å². The highest BCUT2D eigenvalue weighted by Crippen LogP contribution is 2.33. The zero-order valence-corrected chi connectivity index (χ0v) is 16.1. The van der Waals surface area contributed by atoms with Gasteiger partial charge in [-0.3, -0.25) is 4.79 Å². The number of nitrogens with zero attached hydrogens (tertiary/aromatic N) is 1. The maximum absolute atomic E-state index is 12.3. The fraction of sp³-hybridized carbons (Fsp3) is 0.217. The fourth-order valence-electron chi connectivity index (χ4n) is 3.11. The normalized spacial score (nSPS) is 12.3. The maximum Gasteiger partial charge on any atom is 0.252 e. The maximum atomic E-state index is 12.3. The Labute approximate surface area is 169 Å². The number of fused-ring (bicyclic) bond motifs is 1. The highest BCUT2D eigenvalue weighted by Gasteiger charge is 2.12. The molecule has 0 fully saturated rings. The molecular formula is C23H23N3O3. The number of aryl methyl sites for hydroxylation is 1. The average molecular weight is 389 g/mol. The monoisotopic (exact) mass is 389 g/mol. The van der Waals surface area contributed by atoms with Gasteiger partial charge in [-0.15, -0.1) is 0 Å². The zero-order chi connectivity index (χ0) is 19.9. The van der Waals surface area contributed by atoms with Gasteiger partial charge < -0.3 is 20.1 Å². The smallest absolute Gasteiger partial charge is 0.252 e. The SMILES string of the molecule is O=C(NCCCc1ccccc1)c1ccc(Nc2ccc3c(c2)OCCO3)nc1. The molecule has 1 aromatic heterocycles. The van der Waals surface area contributed by atoms with E-state index in [0.717, 1.165) is 24.3 Å². The van der Waals surface area contributed by atoms with Crippen LogP contribution in [-0.2, 0) is 6.42 Å². The van der Waals surface area contributed by atoms with Gasteiger partial charge in [-0.2, -0.15) is 0 Å². The van der Waals surface area contributed by atoms with Gasteiger partial charge in [0.1, 0.15) is 19.0 Å². The van der Waals surface area contributed by atoms with E-state index in [2.05, 4.69) is 27.8 Å². The highest BCUT2D eigenvalue weighted by molar-refractivity contribution is 5.94. The number of benzene rings is 2. The number of carbonyl (C=O) groups excluding carboxylic acids is 1. The molecule has 2 N–H and O–H groups in total. The van der Waals surface area contributed by atoms with Crippen molar-refractivity contribution in [2.45, 2.75) is 12.8 Å². The fourth-order valence-corrected chi connectivity index (χ4v) is 3.11. The molecule has 2 aromatic carbocycles. The van der Waals surface area contributed by atoms with E-state index in [4.69, 9.17) is 9.47 Å². The summed E-state index contributed by atoms with van der Waals surface area (Å²) < 4.78 is 11.1. The van der Waals surface area contributed by atoms with Gasteiger partial charge in [0.2, 0.25) is 0 Å². The molecule has 148 valence electrons. The first kappa shape index (κ1) is 18.8. The lowest BCUT2D eigenvalue weighted by Crippen LogP contribution is -2.24. The van der Waals surface area contributed by atoms with Crippen LogP contribution >= 0.6 is 0 Å². The summed E-state index contributed by atoms with van der Waals surface area (Å²) in [4.78, 5) is 16.6. The van der Waals surface area contributed by atoms with Gasteiger partial charge in [-0.05, 0) is 42.7 Å². The van der Waals surface area contributed by atoms with Crippen molar-refractivity contribution in [3.05, 3.63) is 78.0 Å². The molecule has 6 heteroatoms. The van der Waals surface area contributed by atoms with Crippen molar-refractivity contribution < 1.29 is 14.3 Å². The predicted molar refractivity (Wildman–Crippen MR) is 112 cm³/mol. The van der Waals surface area contributed by atoms with Crippen molar-refractivity contribution >= 4 is 17.4 Å². The summed E-state index contributed by atoms with van der Waals surface area (Å²) in [5.41, 5.74) is 2.66. The van der Waals surface area contributed by atoms with Crippen LogP contribution in [0.4, 0.5) is 11.5 Å². The first-order valence-corrected chi connectivity index (χ1v) is 9.73. The molecule has 0 aliphatic carbocycles. The van der Waals surface area contributed by atoms with E-state index < -0.39 is 0 Å². The van der Waals surface area contributed by atoms with Crippen LogP contribution in [0.15, 0.2) is 66.9 Å². The van der Waals surface area contributed by atoms with E-state index in [1.165, 1.54) is 5.56 Å². The molecule has 0 spiro atoms. The molecular weight excluding hydrogens is 366 g/mol. The zero-order valence-electron chi connectivity index (χ0n) is 16.1. The third-order valence-corrected chi connectivity index (χ3v) is 4.61. The number of pyridine rings is 1. The molecule has 2 heterocycles. The van der Waals surface area contributed by atoms with Crippen LogP contribution in [0, 0.1) is 0 Å². The van der Waals surface area contributed by atoms with Crippen LogP contribution in [0.5, 0.6) is 11.5 Å². The highest BCUT2D eigenvalue weighted by atomic mass is 16.6. The minimum absolute atomic E-state index is 0.114. The van der Waals surface area contributed by atoms with Crippen molar-refractivity contribution in [3.63, 3.8) is 0 Å². The van der Waals surface area contributed by atoms with E-state index in [1.807, 2.05) is 36.4 Å². The largest absolute Gasteiger partial charge is 0.486 e. The number of ether oxygens (including phenoxy) is 2. The summed E-state index contributed by atoms with van der Waals surface area (Å²) in [7, 11) is 0. The lowest BCUT2D eigenvalue weighted by Gasteiger charge is -2.19. The molecule has 0 radical (unpaired) electrons. The number of rotatable bonds is 7. The van der Waals surface area contributed by atoms with Gasteiger partial charge in [0, 0.05) is 24.5 Å². The Morgan fingerprint density at radius 3 is 2.59 bits per heavy atom. The lowest BCUT2D eigenvalue weighted by molar-refractivity contribution is 0.0953. The minimum Gasteiger partial charge on any atom is -0.486 e. The number of nitrogens with one attached hydrogen (secondary N) is 2. The molecule has 3 aromatic rings. The third kappa shape index (κ3) is 5.04. The molecule has 0 unspecified atom stereocenters. The van der Waals surface area contributed by atoms with Crippen LogP contribution in [0.25, 0.3) is 0 Å². The lowest BCUT2D eigenvalue weighted by atomic mass is 10.1. The molecule has 29 heavy (non-hydrogen) atoms. The van der Waals surface area contributed by atoms with Crippen molar-refractivity contribution in [2.24, 2.45) is 0 Å². The number of anilines is 2. The second-order valence-corrected chi connectivity index (χ2v) is 6.76. The summed E-state index contributed by atoms with van der Waals surface area (Å²) >= 11 is 0. The molecule has 0 bridgehead atoms. The van der Waals surface area contributed by atoms with E-state index in [-0.39, 0.29) is 5.91 Å². The average Bonchev–Trinajstić information content (AvgIpc) is 2.78. The standard InChI is InChI=1S/C23H23N3O3/c27-23(24-12-4-7-17-5-2-1-3-6-17)18-8-11-22(25-16-18)26-19-9-10-20-21(15-19)29-14-13-28-20/h1-3,5-6,8-11,15-16H,4,7,12-14H2,(H,24,27)(H,25,26). The summed E-state index contributed by atoms with van der Waals surface area (Å²) in [5, 5.41) is 6.16. The molecule has 0 saturated carbocycles. The van der Waals surface area contributed by atoms with Gasteiger partial charge in [-0.25, -0.2) is 4.98 Å². The Balaban J connectivity index is 1.27. The predicted octanol–water partition coefficient (Wildman–Crippen LogP) is 3.96. The van der Waals surface area contributed by atoms with E-state index in [1.54, 1.807) is 18.3 Å². The van der Waals surface area contributed by atoms with Gasteiger partial charge in [0.05, 0.1) is 5.56 Å². The first-order chi connectivity index (χ1) is 14.3. The Bertz CT molecular complexity index is 959. The quantitative estimate of drug-likeness (QED) is 0.599. The van der Waals surface area contributed by atoms with Crippen molar-refractivity contribution in [1.82, 2.24) is 10.3 Å². The van der Waals surface area contributed by atoms with Gasteiger partial charge in [0.25, 0.3) is 5.91 Å². The second-order valence-electron chi connectivity index (χ2n) is 6.76. The summed E-state index contributed by atoms with van der Waals surface area (Å²) in [6, 6.07) is 19.5. The summed E-state index contributed by atoms with van der Waals surface area (Å²) in [5.74, 6) is 2.00. The van der Waals surface area contributed by atoms with Crippen molar-refractivity contribution in [2.75, 3.05) is 25.1 Å². The van der Waals surface area contributed by atoms with Crippen LogP contribution in [0.2, 0.25) is 0 Å². The van der Waals surface area contributed by atoms with E-state index in [0.29, 0.717) is 36.9 Å². The Kier molecular flexibility index (Phi) is 5.90. The van der Waals surface area contributed by atoms with Crippen molar-refractivity contribution in [3.8, 4) is 11.5 Å². The Morgan fingerprint density at radius 1 is 0.966 bits per heavy atom. The topological polar surface area (TPSA) is 72.5 Å². The molecule has 1 amide bonds. The van der Waals surface area contributed by atoms with Gasteiger partial charge >= 0.3 is 0 Å². The number of hydrogen-bond donors (Lipinski definition) is 2.